The molecule has 1 aliphatic rings. The molecule has 0 bridgehead atoms. The van der Waals surface area contributed by atoms with Gasteiger partial charge in [-0.25, -0.2) is 13.2 Å². The predicted octanol–water partition coefficient (Wildman–Crippen LogP) is 3.40. The lowest BCUT2D eigenvalue weighted by molar-refractivity contribution is -0.0440. The molecule has 0 N–H and O–H groups in total. The van der Waals surface area contributed by atoms with E-state index in [0.29, 0.717) is 0 Å². The van der Waals surface area contributed by atoms with E-state index in [4.69, 9.17) is 9.47 Å². The summed E-state index contributed by atoms with van der Waals surface area (Å²) in [5.74, 6) is -0.558. The molecule has 0 spiro atoms. The Kier molecular flexibility index (Phi) is 6.17. The van der Waals surface area contributed by atoms with Gasteiger partial charge >= 0.3 is 5.97 Å². The van der Waals surface area contributed by atoms with E-state index >= 15 is 0 Å². The summed E-state index contributed by atoms with van der Waals surface area (Å²) in [5.41, 5.74) is 1.08. The minimum Gasteiger partial charge on any atom is -0.454 e. The molecular formula is C21H25NO5S. The maximum atomic E-state index is 13.0. The van der Waals surface area contributed by atoms with Gasteiger partial charge in [0, 0.05) is 13.1 Å². The Labute approximate surface area is 166 Å². The molecule has 1 heterocycles. The van der Waals surface area contributed by atoms with Crippen molar-refractivity contribution in [3.63, 3.8) is 0 Å². The number of hydrogen-bond acceptors (Lipinski definition) is 5. The van der Waals surface area contributed by atoms with E-state index in [-0.39, 0.29) is 35.8 Å². The van der Waals surface area contributed by atoms with Crippen molar-refractivity contribution in [1.82, 2.24) is 4.31 Å². The van der Waals surface area contributed by atoms with Crippen LogP contribution in [-0.2, 0) is 19.5 Å². The second-order valence-corrected chi connectivity index (χ2v) is 9.00. The first-order chi connectivity index (χ1) is 13.3. The number of morpholine rings is 1. The van der Waals surface area contributed by atoms with E-state index in [1.54, 1.807) is 19.1 Å². The quantitative estimate of drug-likeness (QED) is 0.716. The van der Waals surface area contributed by atoms with Gasteiger partial charge < -0.3 is 9.47 Å². The van der Waals surface area contributed by atoms with Crippen molar-refractivity contribution in [2.75, 3.05) is 13.1 Å². The number of carbonyl (C=O) groups excluding carboxylic acids is 1. The van der Waals surface area contributed by atoms with Crippen LogP contribution in [0.1, 0.15) is 42.8 Å². The van der Waals surface area contributed by atoms with Gasteiger partial charge in [0.15, 0.2) is 0 Å². The van der Waals surface area contributed by atoms with Crippen molar-refractivity contribution in [2.24, 2.45) is 0 Å². The first-order valence-corrected chi connectivity index (χ1v) is 10.7. The predicted molar refractivity (Wildman–Crippen MR) is 105 cm³/mol. The smallest absolute Gasteiger partial charge is 0.338 e. The molecule has 1 aliphatic heterocycles. The topological polar surface area (TPSA) is 72.9 Å². The summed E-state index contributed by atoms with van der Waals surface area (Å²) >= 11 is 0. The fraction of sp³-hybridized carbons (Fsp3) is 0.381. The van der Waals surface area contributed by atoms with Gasteiger partial charge in [0.1, 0.15) is 6.10 Å². The number of ether oxygens (including phenoxy) is 2. The van der Waals surface area contributed by atoms with Gasteiger partial charge in [0.05, 0.1) is 22.7 Å². The summed E-state index contributed by atoms with van der Waals surface area (Å²) in [4.78, 5) is 12.6. The highest BCUT2D eigenvalue weighted by Gasteiger charge is 2.32. The van der Waals surface area contributed by atoms with Crippen LogP contribution in [0.25, 0.3) is 0 Å². The summed E-state index contributed by atoms with van der Waals surface area (Å²) in [6.07, 6.45) is -0.799. The molecule has 0 amide bonds. The van der Waals surface area contributed by atoms with Crippen molar-refractivity contribution in [1.29, 1.82) is 0 Å². The highest BCUT2D eigenvalue weighted by molar-refractivity contribution is 7.89. The highest BCUT2D eigenvalue weighted by atomic mass is 32.2. The molecule has 0 radical (unpaired) electrons. The van der Waals surface area contributed by atoms with Crippen LogP contribution in [0.5, 0.6) is 0 Å². The Morgan fingerprint density at radius 1 is 1.07 bits per heavy atom. The number of benzene rings is 2. The second kappa shape index (κ2) is 8.43. The monoisotopic (exact) mass is 403 g/mol. The summed E-state index contributed by atoms with van der Waals surface area (Å²) < 4.78 is 38.6. The third kappa shape index (κ3) is 4.60. The van der Waals surface area contributed by atoms with E-state index in [9.17, 15) is 13.2 Å². The van der Waals surface area contributed by atoms with Crippen LogP contribution in [0.2, 0.25) is 0 Å². The summed E-state index contributed by atoms with van der Waals surface area (Å²) in [5, 5.41) is 0. The summed E-state index contributed by atoms with van der Waals surface area (Å²) in [7, 11) is -3.72. The standard InChI is InChI=1S/C21H25NO5S/c1-15-13-22(14-16(2)26-15)28(24,25)20-11-7-10-19(12-20)21(23)27-17(3)18-8-5-4-6-9-18/h4-12,15-17H,13-14H2,1-3H3/t15-,16+,17-/m0/s1. The highest BCUT2D eigenvalue weighted by Crippen LogP contribution is 2.23. The molecule has 28 heavy (non-hydrogen) atoms. The van der Waals surface area contributed by atoms with Gasteiger partial charge in [0.25, 0.3) is 0 Å². The maximum Gasteiger partial charge on any atom is 0.338 e. The van der Waals surface area contributed by atoms with Gasteiger partial charge in [-0.15, -0.1) is 0 Å². The average Bonchev–Trinajstić information content (AvgIpc) is 2.68. The lowest BCUT2D eigenvalue weighted by atomic mass is 10.1. The lowest BCUT2D eigenvalue weighted by Gasteiger charge is -2.34. The molecule has 2 aromatic carbocycles. The molecular weight excluding hydrogens is 378 g/mol. The Hall–Kier alpha value is -2.22. The second-order valence-electron chi connectivity index (χ2n) is 7.07. The van der Waals surface area contributed by atoms with Crippen LogP contribution in [0.15, 0.2) is 59.5 Å². The first-order valence-electron chi connectivity index (χ1n) is 9.29. The van der Waals surface area contributed by atoms with E-state index in [0.717, 1.165) is 5.56 Å². The minimum absolute atomic E-state index is 0.0793. The van der Waals surface area contributed by atoms with E-state index in [1.807, 2.05) is 44.2 Å². The number of esters is 1. The molecule has 3 atom stereocenters. The van der Waals surface area contributed by atoms with Gasteiger partial charge in [0.2, 0.25) is 10.0 Å². The number of rotatable bonds is 5. The minimum atomic E-state index is -3.72. The molecule has 1 saturated heterocycles. The van der Waals surface area contributed by atoms with Crippen molar-refractivity contribution >= 4 is 16.0 Å². The molecule has 150 valence electrons. The zero-order valence-electron chi connectivity index (χ0n) is 16.2. The van der Waals surface area contributed by atoms with E-state index in [1.165, 1.54) is 16.4 Å². The van der Waals surface area contributed by atoms with Gasteiger partial charge in [-0.1, -0.05) is 36.4 Å². The number of sulfonamides is 1. The zero-order valence-corrected chi connectivity index (χ0v) is 17.1. The first kappa shape index (κ1) is 20.5. The number of hydrogen-bond donors (Lipinski definition) is 0. The SMILES string of the molecule is C[C@@H]1CN(S(=O)(=O)c2cccc(C(=O)O[C@@H](C)c3ccccc3)c2)C[C@H](C)O1. The Morgan fingerprint density at radius 2 is 1.71 bits per heavy atom. The molecule has 0 saturated carbocycles. The number of carbonyl (C=O) groups is 1. The molecule has 3 rings (SSSR count). The molecule has 1 fully saturated rings. The van der Waals surface area contributed by atoms with Crippen LogP contribution in [-0.4, -0.2) is 44.0 Å². The molecule has 2 aromatic rings. The Morgan fingerprint density at radius 3 is 2.36 bits per heavy atom. The summed E-state index contributed by atoms with van der Waals surface area (Å²) in [6.45, 7) is 6.04. The largest absolute Gasteiger partial charge is 0.454 e. The van der Waals surface area contributed by atoms with Gasteiger partial charge in [-0.05, 0) is 44.5 Å². The third-order valence-electron chi connectivity index (χ3n) is 4.65. The molecule has 0 unspecified atom stereocenters. The van der Waals surface area contributed by atoms with Crippen LogP contribution in [0, 0.1) is 0 Å². The maximum absolute atomic E-state index is 13.0. The van der Waals surface area contributed by atoms with E-state index in [2.05, 4.69) is 0 Å². The van der Waals surface area contributed by atoms with Crippen LogP contribution < -0.4 is 0 Å². The van der Waals surface area contributed by atoms with Crippen molar-refractivity contribution in [2.45, 2.75) is 44.0 Å². The van der Waals surface area contributed by atoms with Crippen molar-refractivity contribution < 1.29 is 22.7 Å². The number of nitrogens with zero attached hydrogens (tertiary/aromatic N) is 1. The lowest BCUT2D eigenvalue weighted by Crippen LogP contribution is -2.48. The molecule has 7 heteroatoms. The van der Waals surface area contributed by atoms with E-state index < -0.39 is 22.1 Å². The Balaban J connectivity index is 1.78. The zero-order chi connectivity index (χ0) is 20.3. The normalized spacial score (nSPS) is 21.8. The fourth-order valence-electron chi connectivity index (χ4n) is 3.28. The average molecular weight is 404 g/mol. The third-order valence-corrected chi connectivity index (χ3v) is 6.47. The van der Waals surface area contributed by atoms with Crippen LogP contribution in [0.4, 0.5) is 0 Å². The molecule has 6 nitrogen and oxygen atoms in total. The molecule has 0 aromatic heterocycles. The van der Waals surface area contributed by atoms with Crippen molar-refractivity contribution in [3.8, 4) is 0 Å². The van der Waals surface area contributed by atoms with Crippen LogP contribution in [0.3, 0.4) is 0 Å². The van der Waals surface area contributed by atoms with Crippen LogP contribution >= 0.6 is 0 Å². The van der Waals surface area contributed by atoms with Gasteiger partial charge in [-0.3, -0.25) is 0 Å². The fourth-order valence-corrected chi connectivity index (χ4v) is 4.92. The molecule has 0 aliphatic carbocycles. The summed E-state index contributed by atoms with van der Waals surface area (Å²) in [6, 6.07) is 15.4. The Bertz CT molecular complexity index is 919. The van der Waals surface area contributed by atoms with Crippen molar-refractivity contribution in [3.05, 3.63) is 65.7 Å². The van der Waals surface area contributed by atoms with Gasteiger partial charge in [-0.2, -0.15) is 4.31 Å².